The van der Waals surface area contributed by atoms with Crippen LogP contribution in [0.25, 0.3) is 0 Å². The van der Waals surface area contributed by atoms with Crippen LogP contribution >= 0.6 is 0 Å². The normalized spacial score (nSPS) is 12.8. The first-order valence-electron chi connectivity index (χ1n) is 4.31. The lowest BCUT2D eigenvalue weighted by molar-refractivity contribution is -0.0352. The van der Waals surface area contributed by atoms with Crippen LogP contribution in [-0.4, -0.2) is 20.5 Å². The van der Waals surface area contributed by atoms with Gasteiger partial charge in [-0.2, -0.15) is 0 Å². The van der Waals surface area contributed by atoms with Crippen LogP contribution in [0.5, 0.6) is 0 Å². The molecule has 0 amide bonds. The summed E-state index contributed by atoms with van der Waals surface area (Å²) in [5.41, 5.74) is 6.63. The lowest BCUT2D eigenvalue weighted by atomic mass is 10.1. The van der Waals surface area contributed by atoms with Gasteiger partial charge in [-0.05, 0) is 17.7 Å². The molecule has 3 nitrogen and oxygen atoms in total. The number of rotatable bonds is 5. The third-order valence-electron chi connectivity index (χ3n) is 1.80. The Morgan fingerprint density at radius 3 is 2.57 bits per heavy atom. The summed E-state index contributed by atoms with van der Waals surface area (Å²) in [4.78, 5) is 0. The molecule has 1 aromatic rings. The first-order chi connectivity index (χ1) is 6.74. The molecule has 4 heteroatoms. The van der Waals surface area contributed by atoms with Crippen molar-refractivity contribution in [1.29, 1.82) is 0 Å². The zero-order valence-electron chi connectivity index (χ0n) is 8.07. The van der Waals surface area contributed by atoms with Crippen LogP contribution in [0.1, 0.15) is 11.6 Å². The Kier molecular flexibility index (Phi) is 4.52. The van der Waals surface area contributed by atoms with Gasteiger partial charge in [0.05, 0.1) is 12.6 Å². The minimum atomic E-state index is -0.265. The van der Waals surface area contributed by atoms with Crippen LogP contribution in [-0.2, 0) is 9.47 Å². The fourth-order valence-corrected chi connectivity index (χ4v) is 1.06. The third-order valence-corrected chi connectivity index (χ3v) is 1.80. The average Bonchev–Trinajstić information content (AvgIpc) is 2.19. The molecule has 2 N–H and O–H groups in total. The van der Waals surface area contributed by atoms with Crippen molar-refractivity contribution in [3.8, 4) is 0 Å². The summed E-state index contributed by atoms with van der Waals surface area (Å²) in [5.74, 6) is -0.265. The van der Waals surface area contributed by atoms with Gasteiger partial charge in [-0.15, -0.1) is 0 Å². The molecule has 0 aliphatic carbocycles. The van der Waals surface area contributed by atoms with Crippen LogP contribution in [0.3, 0.4) is 0 Å². The highest BCUT2D eigenvalue weighted by molar-refractivity contribution is 5.19. The number of hydrogen-bond donors (Lipinski definition) is 1. The van der Waals surface area contributed by atoms with Gasteiger partial charge in [-0.3, -0.25) is 0 Å². The summed E-state index contributed by atoms with van der Waals surface area (Å²) < 4.78 is 22.4. The van der Waals surface area contributed by atoms with Crippen molar-refractivity contribution in [2.24, 2.45) is 5.73 Å². The van der Waals surface area contributed by atoms with Gasteiger partial charge in [0.1, 0.15) is 12.6 Å². The summed E-state index contributed by atoms with van der Waals surface area (Å²) in [6.07, 6.45) is 0. The average molecular weight is 199 g/mol. The van der Waals surface area contributed by atoms with Gasteiger partial charge in [-0.25, -0.2) is 4.39 Å². The van der Waals surface area contributed by atoms with Gasteiger partial charge in [-0.1, -0.05) is 12.1 Å². The molecule has 0 heterocycles. The van der Waals surface area contributed by atoms with Crippen molar-refractivity contribution in [3.05, 3.63) is 35.6 Å². The third kappa shape index (κ3) is 3.41. The molecule has 1 atom stereocenters. The molecule has 0 aliphatic heterocycles. The maximum Gasteiger partial charge on any atom is 0.146 e. The minimum Gasteiger partial charge on any atom is -0.359 e. The van der Waals surface area contributed by atoms with E-state index < -0.39 is 0 Å². The number of nitrogens with two attached hydrogens (primary N) is 1. The van der Waals surface area contributed by atoms with Crippen LogP contribution in [0, 0.1) is 5.82 Å². The smallest absolute Gasteiger partial charge is 0.146 e. The first kappa shape index (κ1) is 11.1. The second-order valence-corrected chi connectivity index (χ2v) is 2.94. The maximum atomic E-state index is 12.6. The summed E-state index contributed by atoms with van der Waals surface area (Å²) in [5, 5.41) is 0. The Hall–Kier alpha value is -0.970. The molecule has 14 heavy (non-hydrogen) atoms. The molecular formula is C10H14FNO2. The highest BCUT2D eigenvalue weighted by atomic mass is 19.1. The second kappa shape index (κ2) is 5.70. The van der Waals surface area contributed by atoms with Gasteiger partial charge in [0.15, 0.2) is 0 Å². The highest BCUT2D eigenvalue weighted by Crippen LogP contribution is 2.11. The lowest BCUT2D eigenvalue weighted by Gasteiger charge is -2.11. The zero-order valence-corrected chi connectivity index (χ0v) is 8.07. The standard InChI is InChI=1S/C10H14FNO2/c1-13-7-14-6-10(12)8-2-4-9(11)5-3-8/h2-5,10H,6-7,12H2,1H3. The lowest BCUT2D eigenvalue weighted by Crippen LogP contribution is -2.17. The molecule has 78 valence electrons. The summed E-state index contributed by atoms with van der Waals surface area (Å²) in [6.45, 7) is 0.578. The van der Waals surface area contributed by atoms with E-state index in [9.17, 15) is 4.39 Å². The number of hydrogen-bond acceptors (Lipinski definition) is 3. The van der Waals surface area contributed by atoms with E-state index >= 15 is 0 Å². The number of halogens is 1. The topological polar surface area (TPSA) is 44.5 Å². The van der Waals surface area contributed by atoms with Gasteiger partial charge < -0.3 is 15.2 Å². The Balaban J connectivity index is 2.43. The Bertz CT molecular complexity index is 263. The molecule has 1 rings (SSSR count). The molecule has 0 spiro atoms. The summed E-state index contributed by atoms with van der Waals surface area (Å²) >= 11 is 0. The van der Waals surface area contributed by atoms with Crippen LogP contribution in [0.2, 0.25) is 0 Å². The van der Waals surface area contributed by atoms with Crippen molar-refractivity contribution < 1.29 is 13.9 Å². The monoisotopic (exact) mass is 199 g/mol. The van der Waals surface area contributed by atoms with E-state index in [-0.39, 0.29) is 18.7 Å². The van der Waals surface area contributed by atoms with Gasteiger partial charge in [0, 0.05) is 7.11 Å². The maximum absolute atomic E-state index is 12.6. The second-order valence-electron chi connectivity index (χ2n) is 2.94. The predicted octanol–water partition coefficient (Wildman–Crippen LogP) is 1.45. The van der Waals surface area contributed by atoms with Crippen molar-refractivity contribution in [2.45, 2.75) is 6.04 Å². The van der Waals surface area contributed by atoms with E-state index in [1.165, 1.54) is 12.1 Å². The molecule has 0 saturated carbocycles. The van der Waals surface area contributed by atoms with Crippen molar-refractivity contribution >= 4 is 0 Å². The number of ether oxygens (including phenoxy) is 2. The highest BCUT2D eigenvalue weighted by Gasteiger charge is 2.05. The molecule has 0 bridgehead atoms. The van der Waals surface area contributed by atoms with E-state index in [1.807, 2.05) is 0 Å². The fourth-order valence-electron chi connectivity index (χ4n) is 1.06. The number of benzene rings is 1. The fraction of sp³-hybridized carbons (Fsp3) is 0.400. The van der Waals surface area contributed by atoms with E-state index in [0.29, 0.717) is 6.61 Å². The van der Waals surface area contributed by atoms with E-state index in [0.717, 1.165) is 5.56 Å². The summed E-state index contributed by atoms with van der Waals surface area (Å²) in [7, 11) is 1.55. The molecular weight excluding hydrogens is 185 g/mol. The van der Waals surface area contributed by atoms with Crippen molar-refractivity contribution in [2.75, 3.05) is 20.5 Å². The van der Waals surface area contributed by atoms with E-state index in [2.05, 4.69) is 0 Å². The Morgan fingerprint density at radius 2 is 2.00 bits per heavy atom. The molecule has 0 fully saturated rings. The van der Waals surface area contributed by atoms with Gasteiger partial charge >= 0.3 is 0 Å². The van der Waals surface area contributed by atoms with Gasteiger partial charge in [0.2, 0.25) is 0 Å². The molecule has 0 saturated heterocycles. The predicted molar refractivity (Wildman–Crippen MR) is 51.2 cm³/mol. The first-order valence-corrected chi connectivity index (χ1v) is 4.31. The molecule has 1 unspecified atom stereocenters. The molecule has 1 aromatic carbocycles. The van der Waals surface area contributed by atoms with Crippen LogP contribution in [0.4, 0.5) is 4.39 Å². The minimum absolute atomic E-state index is 0.217. The number of methoxy groups -OCH3 is 1. The molecule has 0 radical (unpaired) electrons. The van der Waals surface area contributed by atoms with Crippen molar-refractivity contribution in [1.82, 2.24) is 0 Å². The van der Waals surface area contributed by atoms with Crippen molar-refractivity contribution in [3.63, 3.8) is 0 Å². The largest absolute Gasteiger partial charge is 0.359 e. The zero-order chi connectivity index (χ0) is 10.4. The quantitative estimate of drug-likeness (QED) is 0.576. The van der Waals surface area contributed by atoms with E-state index in [4.69, 9.17) is 15.2 Å². The summed E-state index contributed by atoms with van der Waals surface area (Å²) in [6, 6.07) is 5.81. The van der Waals surface area contributed by atoms with Crippen LogP contribution < -0.4 is 5.73 Å². The Morgan fingerprint density at radius 1 is 1.36 bits per heavy atom. The SMILES string of the molecule is COCOCC(N)c1ccc(F)cc1. The molecule has 0 aliphatic rings. The van der Waals surface area contributed by atoms with Gasteiger partial charge in [0.25, 0.3) is 0 Å². The Labute approximate surface area is 82.6 Å². The van der Waals surface area contributed by atoms with Crippen LogP contribution in [0.15, 0.2) is 24.3 Å². The van der Waals surface area contributed by atoms with E-state index in [1.54, 1.807) is 19.2 Å². The molecule has 0 aromatic heterocycles.